The van der Waals surface area contributed by atoms with E-state index in [1.165, 1.54) is 9.75 Å². The van der Waals surface area contributed by atoms with Crippen LogP contribution in [0.25, 0.3) is 0 Å². The van der Waals surface area contributed by atoms with Crippen LogP contribution in [0.3, 0.4) is 0 Å². The molecule has 0 radical (unpaired) electrons. The summed E-state index contributed by atoms with van der Waals surface area (Å²) in [6.45, 7) is 8.19. The third kappa shape index (κ3) is 5.66. The third-order valence-electron chi connectivity index (χ3n) is 2.89. The van der Waals surface area contributed by atoms with Gasteiger partial charge in [0.2, 0.25) is 0 Å². The van der Waals surface area contributed by atoms with E-state index in [0.717, 1.165) is 38.8 Å². The van der Waals surface area contributed by atoms with E-state index < -0.39 is 5.60 Å². The van der Waals surface area contributed by atoms with E-state index in [0.29, 0.717) is 0 Å². The Balaban J connectivity index is 2.37. The quantitative estimate of drug-likeness (QED) is 0.700. The molecule has 1 rings (SSSR count). The molecule has 3 heteroatoms. The van der Waals surface area contributed by atoms with Crippen LogP contribution in [0.4, 0.5) is 0 Å². The molecule has 0 saturated carbocycles. The van der Waals surface area contributed by atoms with Crippen molar-refractivity contribution in [3.63, 3.8) is 0 Å². The predicted molar refractivity (Wildman–Crippen MR) is 75.8 cm³/mol. The van der Waals surface area contributed by atoms with Gasteiger partial charge in [0.25, 0.3) is 0 Å². The molecule has 0 aromatic carbocycles. The van der Waals surface area contributed by atoms with Gasteiger partial charge in [0.1, 0.15) is 0 Å². The zero-order valence-corrected chi connectivity index (χ0v) is 12.1. The van der Waals surface area contributed by atoms with Crippen LogP contribution < -0.4 is 5.32 Å². The lowest BCUT2D eigenvalue weighted by Gasteiger charge is -2.22. The highest BCUT2D eigenvalue weighted by atomic mass is 32.1. The molecule has 0 spiro atoms. The van der Waals surface area contributed by atoms with E-state index in [2.05, 4.69) is 31.3 Å². The Bertz CT molecular complexity index is 320. The second-order valence-corrected chi connectivity index (χ2v) is 6.15. The molecule has 1 unspecified atom stereocenters. The fourth-order valence-corrected chi connectivity index (χ4v) is 2.97. The first-order chi connectivity index (χ1) is 8.07. The van der Waals surface area contributed by atoms with Crippen molar-refractivity contribution in [2.45, 2.75) is 52.1 Å². The minimum absolute atomic E-state index is 0.587. The van der Waals surface area contributed by atoms with Gasteiger partial charge in [-0.15, -0.1) is 11.3 Å². The zero-order chi connectivity index (χ0) is 12.7. The van der Waals surface area contributed by atoms with E-state index in [-0.39, 0.29) is 0 Å². The third-order valence-corrected chi connectivity index (χ3v) is 4.12. The smallest absolute Gasteiger partial charge is 0.0679 e. The van der Waals surface area contributed by atoms with Crippen LogP contribution in [0.1, 0.15) is 43.4 Å². The maximum Gasteiger partial charge on any atom is 0.0679 e. The largest absolute Gasteiger partial charge is 0.390 e. The van der Waals surface area contributed by atoms with E-state index >= 15 is 0 Å². The fraction of sp³-hybridized carbons (Fsp3) is 0.714. The minimum Gasteiger partial charge on any atom is -0.390 e. The summed E-state index contributed by atoms with van der Waals surface area (Å²) in [5.41, 5.74) is -0.587. The predicted octanol–water partition coefficient (Wildman–Crippen LogP) is 2.99. The number of hydrogen-bond acceptors (Lipinski definition) is 3. The number of rotatable bonds is 8. The molecular weight excluding hydrogens is 230 g/mol. The normalized spacial score (nSPS) is 14.8. The van der Waals surface area contributed by atoms with Gasteiger partial charge >= 0.3 is 0 Å². The molecule has 1 aromatic rings. The average Bonchev–Trinajstić information content (AvgIpc) is 2.71. The van der Waals surface area contributed by atoms with Crippen LogP contribution >= 0.6 is 11.3 Å². The van der Waals surface area contributed by atoms with E-state index in [1.807, 2.05) is 18.3 Å². The molecule has 1 aromatic heterocycles. The highest BCUT2D eigenvalue weighted by Gasteiger charge is 2.21. The number of aryl methyl sites for hydroxylation is 1. The second-order valence-electron chi connectivity index (χ2n) is 4.90. The van der Waals surface area contributed by atoms with Crippen molar-refractivity contribution < 1.29 is 5.11 Å². The van der Waals surface area contributed by atoms with Gasteiger partial charge in [-0.25, -0.2) is 0 Å². The van der Waals surface area contributed by atoms with Crippen molar-refractivity contribution in [3.8, 4) is 0 Å². The monoisotopic (exact) mass is 255 g/mol. The molecule has 0 aliphatic rings. The Morgan fingerprint density at radius 1 is 1.24 bits per heavy atom. The molecule has 0 fully saturated rings. The molecule has 1 atom stereocenters. The first kappa shape index (κ1) is 14.7. The van der Waals surface area contributed by atoms with E-state index in [1.54, 1.807) is 0 Å². The molecule has 1 heterocycles. The Kier molecular flexibility index (Phi) is 6.17. The average molecular weight is 255 g/mol. The summed E-state index contributed by atoms with van der Waals surface area (Å²) in [6, 6.07) is 4.32. The zero-order valence-electron chi connectivity index (χ0n) is 11.3. The Morgan fingerprint density at radius 3 is 2.53 bits per heavy atom. The van der Waals surface area contributed by atoms with Crippen molar-refractivity contribution in [2.24, 2.45) is 0 Å². The van der Waals surface area contributed by atoms with Gasteiger partial charge < -0.3 is 10.4 Å². The number of aliphatic hydroxyl groups is 1. The van der Waals surface area contributed by atoms with Crippen molar-refractivity contribution in [2.75, 3.05) is 13.1 Å². The summed E-state index contributed by atoms with van der Waals surface area (Å²) in [6.07, 6.45) is 3.82. The van der Waals surface area contributed by atoms with Crippen LogP contribution in [-0.2, 0) is 12.8 Å². The highest BCUT2D eigenvalue weighted by Crippen LogP contribution is 2.23. The Labute approximate surface area is 109 Å². The molecule has 0 aliphatic carbocycles. The first-order valence-electron chi connectivity index (χ1n) is 6.58. The minimum atomic E-state index is -0.587. The Morgan fingerprint density at radius 2 is 1.94 bits per heavy atom. The van der Waals surface area contributed by atoms with Crippen molar-refractivity contribution in [1.29, 1.82) is 0 Å². The number of nitrogens with one attached hydrogen (secondary N) is 1. The van der Waals surface area contributed by atoms with Gasteiger partial charge in [-0.2, -0.15) is 0 Å². The SMILES string of the molecule is CCCNCCC(C)(O)Cc1ccc(CC)s1. The van der Waals surface area contributed by atoms with Crippen molar-refractivity contribution in [1.82, 2.24) is 5.32 Å². The van der Waals surface area contributed by atoms with E-state index in [4.69, 9.17) is 0 Å². The first-order valence-corrected chi connectivity index (χ1v) is 7.39. The summed E-state index contributed by atoms with van der Waals surface area (Å²) >= 11 is 1.82. The summed E-state index contributed by atoms with van der Waals surface area (Å²) in [5, 5.41) is 13.7. The van der Waals surface area contributed by atoms with Crippen LogP contribution in [-0.4, -0.2) is 23.8 Å². The highest BCUT2D eigenvalue weighted by molar-refractivity contribution is 7.12. The second kappa shape index (κ2) is 7.14. The number of thiophene rings is 1. The van der Waals surface area contributed by atoms with Gasteiger partial charge in [-0.05, 0) is 51.4 Å². The summed E-state index contributed by atoms with van der Waals surface area (Å²) in [4.78, 5) is 2.70. The van der Waals surface area contributed by atoms with Crippen LogP contribution in [0.15, 0.2) is 12.1 Å². The summed E-state index contributed by atoms with van der Waals surface area (Å²) in [7, 11) is 0. The molecule has 0 bridgehead atoms. The van der Waals surface area contributed by atoms with Crippen LogP contribution in [0.5, 0.6) is 0 Å². The molecule has 17 heavy (non-hydrogen) atoms. The lowest BCUT2D eigenvalue weighted by atomic mass is 9.97. The molecule has 0 saturated heterocycles. The van der Waals surface area contributed by atoms with Crippen LogP contribution in [0, 0.1) is 0 Å². The van der Waals surface area contributed by atoms with Crippen molar-refractivity contribution in [3.05, 3.63) is 21.9 Å². The maximum atomic E-state index is 10.3. The summed E-state index contributed by atoms with van der Waals surface area (Å²) in [5.74, 6) is 0. The maximum absolute atomic E-state index is 10.3. The van der Waals surface area contributed by atoms with E-state index in [9.17, 15) is 5.11 Å². The molecule has 2 N–H and O–H groups in total. The van der Waals surface area contributed by atoms with Gasteiger partial charge in [0.15, 0.2) is 0 Å². The lowest BCUT2D eigenvalue weighted by molar-refractivity contribution is 0.0524. The Hall–Kier alpha value is -0.380. The molecular formula is C14H25NOS. The van der Waals surface area contributed by atoms with Gasteiger partial charge in [0.05, 0.1) is 5.60 Å². The molecule has 98 valence electrons. The summed E-state index contributed by atoms with van der Waals surface area (Å²) < 4.78 is 0. The van der Waals surface area contributed by atoms with Crippen molar-refractivity contribution >= 4 is 11.3 Å². The molecule has 0 aliphatic heterocycles. The standard InChI is InChI=1S/C14H25NOS/c1-4-9-15-10-8-14(3,16)11-13-7-6-12(5-2)17-13/h6-7,15-16H,4-5,8-11H2,1-3H3. The molecule has 2 nitrogen and oxygen atoms in total. The van der Waals surface area contributed by atoms with Gasteiger partial charge in [-0.3, -0.25) is 0 Å². The van der Waals surface area contributed by atoms with Gasteiger partial charge in [0, 0.05) is 16.2 Å². The number of hydrogen-bond donors (Lipinski definition) is 2. The lowest BCUT2D eigenvalue weighted by Crippen LogP contribution is -2.32. The topological polar surface area (TPSA) is 32.3 Å². The van der Waals surface area contributed by atoms with Crippen LogP contribution in [0.2, 0.25) is 0 Å². The fourth-order valence-electron chi connectivity index (χ4n) is 1.83. The van der Waals surface area contributed by atoms with Gasteiger partial charge in [-0.1, -0.05) is 13.8 Å². The molecule has 0 amide bonds.